The third kappa shape index (κ3) is 2.14. The molecule has 22 heavy (non-hydrogen) atoms. The zero-order valence-electron chi connectivity index (χ0n) is 12.3. The Bertz CT molecular complexity index is 902. The summed E-state index contributed by atoms with van der Waals surface area (Å²) in [6, 6.07) is 3.65. The Morgan fingerprint density at radius 2 is 1.86 bits per heavy atom. The Morgan fingerprint density at radius 3 is 2.55 bits per heavy atom. The van der Waals surface area contributed by atoms with Gasteiger partial charge in [-0.1, -0.05) is 0 Å². The fraction of sp³-hybridized carbons (Fsp3) is 0.214. The Balaban J connectivity index is 2.26. The fourth-order valence-electron chi connectivity index (χ4n) is 2.23. The molecule has 0 spiro atoms. The van der Waals surface area contributed by atoms with E-state index in [1.807, 2.05) is 12.1 Å². The first kappa shape index (κ1) is 13.9. The number of hydroxylamine groups is 1. The second-order valence-corrected chi connectivity index (χ2v) is 4.72. The second-order valence-electron chi connectivity index (χ2n) is 4.72. The van der Waals surface area contributed by atoms with Gasteiger partial charge in [-0.25, -0.2) is 9.78 Å². The number of hydrogen-bond donors (Lipinski definition) is 0. The van der Waals surface area contributed by atoms with Gasteiger partial charge in [0, 0.05) is 33.3 Å². The number of carbonyl (C=O) groups is 2. The first-order valence-corrected chi connectivity index (χ1v) is 6.54. The van der Waals surface area contributed by atoms with E-state index in [1.54, 1.807) is 24.0 Å². The maximum atomic E-state index is 11.7. The highest BCUT2D eigenvalue weighted by atomic mass is 16.7. The summed E-state index contributed by atoms with van der Waals surface area (Å²) < 4.78 is 1.66. The SMILES string of the molecule is CC(=O)ON(C(C)=O)c1nc2c3nccnc3ccc2n1C. The van der Waals surface area contributed by atoms with Crippen molar-refractivity contribution < 1.29 is 14.4 Å². The number of imidazole rings is 1. The minimum absolute atomic E-state index is 0.204. The van der Waals surface area contributed by atoms with Crippen LogP contribution in [-0.2, 0) is 21.5 Å². The molecule has 0 bridgehead atoms. The van der Waals surface area contributed by atoms with E-state index in [1.165, 1.54) is 13.8 Å². The second kappa shape index (κ2) is 5.06. The van der Waals surface area contributed by atoms with Crippen molar-refractivity contribution in [1.29, 1.82) is 0 Å². The van der Waals surface area contributed by atoms with Crippen LogP contribution >= 0.6 is 0 Å². The zero-order chi connectivity index (χ0) is 15.9. The largest absolute Gasteiger partial charge is 0.331 e. The maximum Gasteiger partial charge on any atom is 0.330 e. The summed E-state index contributed by atoms with van der Waals surface area (Å²) in [6.45, 7) is 2.51. The molecule has 2 aromatic heterocycles. The normalized spacial score (nSPS) is 10.9. The fourth-order valence-corrected chi connectivity index (χ4v) is 2.23. The number of hydrogen-bond acceptors (Lipinski definition) is 6. The Morgan fingerprint density at radius 1 is 1.14 bits per heavy atom. The summed E-state index contributed by atoms with van der Waals surface area (Å²) in [4.78, 5) is 40.8. The van der Waals surface area contributed by atoms with Crippen molar-refractivity contribution in [2.45, 2.75) is 13.8 Å². The van der Waals surface area contributed by atoms with Gasteiger partial charge < -0.3 is 9.40 Å². The number of aryl methyl sites for hydroxylation is 1. The van der Waals surface area contributed by atoms with Crippen molar-refractivity contribution in [1.82, 2.24) is 19.5 Å². The molecule has 0 aliphatic rings. The summed E-state index contributed by atoms with van der Waals surface area (Å²) in [5.74, 6) is -0.855. The lowest BCUT2D eigenvalue weighted by Gasteiger charge is -2.17. The molecule has 0 atom stereocenters. The molecular weight excluding hydrogens is 286 g/mol. The van der Waals surface area contributed by atoms with Crippen molar-refractivity contribution in [2.75, 3.05) is 5.06 Å². The summed E-state index contributed by atoms with van der Waals surface area (Å²) in [5.41, 5.74) is 2.65. The van der Waals surface area contributed by atoms with Gasteiger partial charge in [-0.3, -0.25) is 14.8 Å². The van der Waals surface area contributed by atoms with Gasteiger partial charge in [0.25, 0.3) is 5.91 Å². The molecule has 1 amide bonds. The molecule has 0 saturated carbocycles. The topological polar surface area (TPSA) is 90.2 Å². The van der Waals surface area contributed by atoms with E-state index in [-0.39, 0.29) is 5.95 Å². The average molecular weight is 299 g/mol. The summed E-state index contributed by atoms with van der Waals surface area (Å²) in [5, 5.41) is 0.866. The van der Waals surface area contributed by atoms with Crippen LogP contribution < -0.4 is 5.06 Å². The number of fused-ring (bicyclic) bond motifs is 3. The van der Waals surface area contributed by atoms with Crippen LogP contribution in [0, 0.1) is 0 Å². The molecule has 0 N–H and O–H groups in total. The van der Waals surface area contributed by atoms with Crippen LogP contribution in [0.2, 0.25) is 0 Å². The molecule has 0 aliphatic carbocycles. The number of benzene rings is 1. The van der Waals surface area contributed by atoms with Crippen molar-refractivity contribution in [3.05, 3.63) is 24.5 Å². The predicted octanol–water partition coefficient (Wildman–Crippen LogP) is 1.35. The molecule has 0 aliphatic heterocycles. The van der Waals surface area contributed by atoms with Crippen LogP contribution in [-0.4, -0.2) is 31.4 Å². The quantitative estimate of drug-likeness (QED) is 0.630. The molecule has 3 aromatic rings. The van der Waals surface area contributed by atoms with Crippen molar-refractivity contribution in [3.8, 4) is 0 Å². The molecule has 8 heteroatoms. The van der Waals surface area contributed by atoms with Crippen LogP contribution in [0.1, 0.15) is 13.8 Å². The van der Waals surface area contributed by atoms with E-state index < -0.39 is 11.9 Å². The van der Waals surface area contributed by atoms with Crippen LogP contribution in [0.3, 0.4) is 0 Å². The Hall–Kier alpha value is -3.03. The summed E-state index contributed by atoms with van der Waals surface area (Å²) in [6.07, 6.45) is 3.17. The Kier molecular flexibility index (Phi) is 3.21. The standard InChI is InChI=1S/C14H13N5O3/c1-8(20)19(22-9(2)21)14-17-13-11(18(14)3)5-4-10-12(13)16-7-6-15-10/h4-7H,1-3H3. The monoisotopic (exact) mass is 299 g/mol. The molecular formula is C14H13N5O3. The van der Waals surface area contributed by atoms with Gasteiger partial charge in [0.05, 0.1) is 11.0 Å². The van der Waals surface area contributed by atoms with Crippen LogP contribution in [0.25, 0.3) is 22.1 Å². The molecule has 0 saturated heterocycles. The smallest absolute Gasteiger partial charge is 0.330 e. The molecule has 0 unspecified atom stereocenters. The number of carbonyl (C=O) groups excluding carboxylic acids is 2. The van der Waals surface area contributed by atoms with Crippen molar-refractivity contribution in [3.63, 3.8) is 0 Å². The van der Waals surface area contributed by atoms with Crippen molar-refractivity contribution in [2.24, 2.45) is 7.05 Å². The molecule has 3 rings (SSSR count). The lowest BCUT2D eigenvalue weighted by Crippen LogP contribution is -2.32. The first-order valence-electron chi connectivity index (χ1n) is 6.54. The number of anilines is 1. The molecule has 0 radical (unpaired) electrons. The lowest BCUT2D eigenvalue weighted by atomic mass is 10.2. The summed E-state index contributed by atoms with van der Waals surface area (Å²) >= 11 is 0. The molecule has 2 heterocycles. The van der Waals surface area contributed by atoms with Gasteiger partial charge in [-0.2, -0.15) is 0 Å². The van der Waals surface area contributed by atoms with E-state index in [2.05, 4.69) is 15.0 Å². The minimum Gasteiger partial charge on any atom is -0.331 e. The van der Waals surface area contributed by atoms with E-state index in [0.29, 0.717) is 16.6 Å². The van der Waals surface area contributed by atoms with Crippen LogP contribution in [0.5, 0.6) is 0 Å². The minimum atomic E-state index is -0.605. The van der Waals surface area contributed by atoms with Gasteiger partial charge in [0.2, 0.25) is 5.95 Å². The van der Waals surface area contributed by atoms with Gasteiger partial charge in [0.15, 0.2) is 0 Å². The average Bonchev–Trinajstić information content (AvgIpc) is 2.82. The molecule has 1 aromatic carbocycles. The molecule has 112 valence electrons. The van der Waals surface area contributed by atoms with Gasteiger partial charge in [0.1, 0.15) is 11.0 Å². The van der Waals surface area contributed by atoms with E-state index in [4.69, 9.17) is 4.84 Å². The van der Waals surface area contributed by atoms with Crippen LogP contribution in [0.4, 0.5) is 5.95 Å². The van der Waals surface area contributed by atoms with E-state index >= 15 is 0 Å². The predicted molar refractivity (Wildman–Crippen MR) is 78.7 cm³/mol. The third-order valence-electron chi connectivity index (χ3n) is 3.15. The van der Waals surface area contributed by atoms with Gasteiger partial charge >= 0.3 is 5.97 Å². The zero-order valence-corrected chi connectivity index (χ0v) is 12.3. The van der Waals surface area contributed by atoms with Crippen LogP contribution in [0.15, 0.2) is 24.5 Å². The highest BCUT2D eigenvalue weighted by Crippen LogP contribution is 2.26. The number of nitrogens with zero attached hydrogens (tertiary/aromatic N) is 5. The number of aromatic nitrogens is 4. The van der Waals surface area contributed by atoms with E-state index in [9.17, 15) is 9.59 Å². The van der Waals surface area contributed by atoms with Gasteiger partial charge in [-0.05, 0) is 12.1 Å². The highest BCUT2D eigenvalue weighted by molar-refractivity contribution is 6.02. The Labute approximate surface area is 125 Å². The van der Waals surface area contributed by atoms with Gasteiger partial charge in [-0.15, -0.1) is 5.06 Å². The van der Waals surface area contributed by atoms with Crippen molar-refractivity contribution >= 4 is 39.9 Å². The molecule has 8 nitrogen and oxygen atoms in total. The maximum absolute atomic E-state index is 11.7. The van der Waals surface area contributed by atoms with E-state index in [0.717, 1.165) is 10.6 Å². The highest BCUT2D eigenvalue weighted by Gasteiger charge is 2.23. The first-order chi connectivity index (χ1) is 10.5. The molecule has 0 fully saturated rings. The summed E-state index contributed by atoms with van der Waals surface area (Å²) in [7, 11) is 1.73. The number of amides is 1. The number of rotatable bonds is 1. The third-order valence-corrected chi connectivity index (χ3v) is 3.15. The lowest BCUT2D eigenvalue weighted by molar-refractivity contribution is -0.148.